The van der Waals surface area contributed by atoms with Gasteiger partial charge in [0.2, 0.25) is 5.91 Å². The fraction of sp³-hybridized carbons (Fsp3) is 0.917. The van der Waals surface area contributed by atoms with E-state index in [1.807, 2.05) is 37.6 Å². The van der Waals surface area contributed by atoms with Crippen LogP contribution in [0.4, 0.5) is 0 Å². The highest BCUT2D eigenvalue weighted by Gasteiger charge is 2.31. The predicted molar refractivity (Wildman–Crippen MR) is 68.3 cm³/mol. The van der Waals surface area contributed by atoms with Crippen LogP contribution in [0.2, 0.25) is 0 Å². The van der Waals surface area contributed by atoms with E-state index < -0.39 is 0 Å². The van der Waals surface area contributed by atoms with Crippen molar-refractivity contribution in [3.05, 3.63) is 0 Å². The van der Waals surface area contributed by atoms with Crippen molar-refractivity contribution in [3.63, 3.8) is 0 Å². The average Bonchev–Trinajstić information content (AvgIpc) is 2.28. The molecule has 0 aromatic carbocycles. The first-order valence-electron chi connectivity index (χ1n) is 6.03. The maximum absolute atomic E-state index is 12.2. The molecule has 0 rings (SSSR count). The Labute approximate surface area is 99.8 Å². The third-order valence-electron chi connectivity index (χ3n) is 3.47. The molecule has 0 heterocycles. The molecule has 0 aliphatic carbocycles. The van der Waals surface area contributed by atoms with Gasteiger partial charge in [0.05, 0.1) is 6.04 Å². The molecule has 0 saturated carbocycles. The molecular weight excluding hydrogens is 202 g/mol. The van der Waals surface area contributed by atoms with E-state index >= 15 is 0 Å². The highest BCUT2D eigenvalue weighted by atomic mass is 16.2. The number of nitrogens with zero attached hydrogens (tertiary/aromatic N) is 2. The lowest BCUT2D eigenvalue weighted by molar-refractivity contribution is -0.137. The summed E-state index contributed by atoms with van der Waals surface area (Å²) < 4.78 is 0. The highest BCUT2D eigenvalue weighted by Crippen LogP contribution is 2.15. The fourth-order valence-electron chi connectivity index (χ4n) is 1.63. The van der Waals surface area contributed by atoms with Gasteiger partial charge < -0.3 is 10.6 Å². The van der Waals surface area contributed by atoms with Crippen molar-refractivity contribution in [1.82, 2.24) is 9.80 Å². The van der Waals surface area contributed by atoms with E-state index in [-0.39, 0.29) is 17.5 Å². The average molecular weight is 229 g/mol. The smallest absolute Gasteiger partial charge is 0.239 e. The topological polar surface area (TPSA) is 49.6 Å². The van der Waals surface area contributed by atoms with Gasteiger partial charge in [0.25, 0.3) is 0 Å². The Morgan fingerprint density at radius 3 is 2.06 bits per heavy atom. The van der Waals surface area contributed by atoms with Crippen LogP contribution >= 0.6 is 0 Å². The van der Waals surface area contributed by atoms with E-state index in [1.165, 1.54) is 0 Å². The minimum atomic E-state index is -0.151. The summed E-state index contributed by atoms with van der Waals surface area (Å²) in [5, 5.41) is 0. The lowest BCUT2D eigenvalue weighted by Gasteiger charge is -2.39. The second kappa shape index (κ2) is 6.21. The monoisotopic (exact) mass is 229 g/mol. The molecule has 2 N–H and O–H groups in total. The Balaban J connectivity index is 4.66. The van der Waals surface area contributed by atoms with Crippen LogP contribution in [0.1, 0.15) is 34.6 Å². The van der Waals surface area contributed by atoms with Gasteiger partial charge in [0.15, 0.2) is 0 Å². The molecule has 0 aromatic rings. The second-order valence-corrected chi connectivity index (χ2v) is 4.81. The van der Waals surface area contributed by atoms with E-state index in [2.05, 4.69) is 13.8 Å². The first-order chi connectivity index (χ1) is 7.31. The summed E-state index contributed by atoms with van der Waals surface area (Å²) in [5.41, 5.74) is 5.57. The van der Waals surface area contributed by atoms with Gasteiger partial charge in [0, 0.05) is 25.2 Å². The van der Waals surface area contributed by atoms with E-state index in [0.717, 1.165) is 13.1 Å². The predicted octanol–water partition coefficient (Wildman–Crippen LogP) is 0.912. The van der Waals surface area contributed by atoms with Crippen molar-refractivity contribution >= 4 is 5.91 Å². The van der Waals surface area contributed by atoms with Crippen LogP contribution in [0.3, 0.4) is 0 Å². The van der Waals surface area contributed by atoms with Crippen molar-refractivity contribution in [1.29, 1.82) is 0 Å². The number of carbonyl (C=O) groups excluding carboxylic acids is 1. The molecule has 4 heteroatoms. The van der Waals surface area contributed by atoms with Gasteiger partial charge in [-0.15, -0.1) is 0 Å². The quantitative estimate of drug-likeness (QED) is 0.736. The fourth-order valence-corrected chi connectivity index (χ4v) is 1.63. The normalized spacial score (nSPS) is 14.0. The molecule has 0 bridgehead atoms. The third-order valence-corrected chi connectivity index (χ3v) is 3.47. The first-order valence-corrected chi connectivity index (χ1v) is 6.03. The molecule has 16 heavy (non-hydrogen) atoms. The van der Waals surface area contributed by atoms with E-state index in [0.29, 0.717) is 6.54 Å². The van der Waals surface area contributed by atoms with Crippen LogP contribution in [0, 0.1) is 0 Å². The molecule has 96 valence electrons. The Morgan fingerprint density at radius 1 is 1.31 bits per heavy atom. The lowest BCUT2D eigenvalue weighted by Crippen LogP contribution is -2.56. The van der Waals surface area contributed by atoms with Crippen molar-refractivity contribution in [3.8, 4) is 0 Å². The number of likely N-dealkylation sites (N-methyl/N-ethyl adjacent to an activating group) is 2. The SMILES string of the molecule is CCN(CC)C(=O)C(C)N(C)C(C)(C)CN. The largest absolute Gasteiger partial charge is 0.342 e. The number of rotatable bonds is 6. The molecule has 0 aliphatic heterocycles. The first kappa shape index (κ1) is 15.4. The van der Waals surface area contributed by atoms with Crippen LogP contribution < -0.4 is 5.73 Å². The molecule has 1 unspecified atom stereocenters. The minimum Gasteiger partial charge on any atom is -0.342 e. The standard InChI is InChI=1S/C12H27N3O/c1-7-15(8-2)11(16)10(3)14(6)12(4,5)9-13/h10H,7-9,13H2,1-6H3. The van der Waals surface area contributed by atoms with Crippen molar-refractivity contribution in [2.24, 2.45) is 5.73 Å². The van der Waals surface area contributed by atoms with Crippen molar-refractivity contribution in [2.75, 3.05) is 26.7 Å². The molecule has 0 saturated heterocycles. The summed E-state index contributed by atoms with van der Waals surface area (Å²) in [6.07, 6.45) is 0. The summed E-state index contributed by atoms with van der Waals surface area (Å²) in [6.45, 7) is 12.1. The maximum Gasteiger partial charge on any atom is 0.239 e. The summed E-state index contributed by atoms with van der Waals surface area (Å²) in [7, 11) is 1.96. The number of carbonyl (C=O) groups is 1. The minimum absolute atomic E-state index is 0.126. The Kier molecular flexibility index (Phi) is 5.97. The zero-order valence-electron chi connectivity index (χ0n) is 11.6. The van der Waals surface area contributed by atoms with Gasteiger partial charge in [-0.05, 0) is 41.7 Å². The molecule has 0 aliphatic rings. The van der Waals surface area contributed by atoms with Crippen LogP contribution in [-0.2, 0) is 4.79 Å². The third kappa shape index (κ3) is 3.46. The summed E-state index contributed by atoms with van der Waals surface area (Å²) in [6, 6.07) is -0.126. The van der Waals surface area contributed by atoms with Gasteiger partial charge in [-0.2, -0.15) is 0 Å². The van der Waals surface area contributed by atoms with E-state index in [4.69, 9.17) is 5.73 Å². The lowest BCUT2D eigenvalue weighted by atomic mass is 10.0. The van der Waals surface area contributed by atoms with Crippen LogP contribution in [-0.4, -0.2) is 54.0 Å². The summed E-state index contributed by atoms with van der Waals surface area (Å²) in [4.78, 5) is 16.1. The van der Waals surface area contributed by atoms with Gasteiger partial charge in [0.1, 0.15) is 0 Å². The summed E-state index contributed by atoms with van der Waals surface area (Å²) >= 11 is 0. The second-order valence-electron chi connectivity index (χ2n) is 4.81. The van der Waals surface area contributed by atoms with Gasteiger partial charge >= 0.3 is 0 Å². The van der Waals surface area contributed by atoms with E-state index in [9.17, 15) is 4.79 Å². The molecule has 4 nitrogen and oxygen atoms in total. The van der Waals surface area contributed by atoms with Gasteiger partial charge in [-0.1, -0.05) is 0 Å². The number of amides is 1. The maximum atomic E-state index is 12.2. The molecule has 0 aromatic heterocycles. The number of nitrogens with two attached hydrogens (primary N) is 1. The van der Waals surface area contributed by atoms with Crippen LogP contribution in [0.15, 0.2) is 0 Å². The summed E-state index contributed by atoms with van der Waals surface area (Å²) in [5.74, 6) is 0.175. The molecule has 1 atom stereocenters. The van der Waals surface area contributed by atoms with Gasteiger partial charge in [-0.3, -0.25) is 9.69 Å². The molecular formula is C12H27N3O. The molecule has 1 amide bonds. The number of hydrogen-bond donors (Lipinski definition) is 1. The van der Waals surface area contributed by atoms with Crippen molar-refractivity contribution < 1.29 is 4.79 Å². The Bertz CT molecular complexity index is 224. The highest BCUT2D eigenvalue weighted by molar-refractivity contribution is 5.81. The number of hydrogen-bond acceptors (Lipinski definition) is 3. The van der Waals surface area contributed by atoms with Crippen LogP contribution in [0.5, 0.6) is 0 Å². The zero-order valence-corrected chi connectivity index (χ0v) is 11.6. The molecule has 0 radical (unpaired) electrons. The zero-order chi connectivity index (χ0) is 12.9. The Morgan fingerprint density at radius 2 is 1.75 bits per heavy atom. The van der Waals surface area contributed by atoms with Crippen molar-refractivity contribution in [2.45, 2.75) is 46.2 Å². The van der Waals surface area contributed by atoms with Gasteiger partial charge in [-0.25, -0.2) is 0 Å². The Hall–Kier alpha value is -0.610. The van der Waals surface area contributed by atoms with E-state index in [1.54, 1.807) is 0 Å². The molecule has 0 spiro atoms. The molecule has 0 fully saturated rings. The van der Waals surface area contributed by atoms with Crippen LogP contribution in [0.25, 0.3) is 0 Å².